The summed E-state index contributed by atoms with van der Waals surface area (Å²) in [4.78, 5) is 17.0. The quantitative estimate of drug-likeness (QED) is 0.740. The van der Waals surface area contributed by atoms with Crippen LogP contribution in [0.4, 0.5) is 5.69 Å². The minimum atomic E-state index is -0.242. The van der Waals surface area contributed by atoms with E-state index in [1.807, 2.05) is 30.3 Å². The molecular formula is C17H11BrN2O3. The van der Waals surface area contributed by atoms with Crippen LogP contribution in [0.5, 0.6) is 11.5 Å². The van der Waals surface area contributed by atoms with Gasteiger partial charge in [-0.25, -0.2) is 0 Å². The van der Waals surface area contributed by atoms with Gasteiger partial charge in [0.25, 0.3) is 5.91 Å². The average molecular weight is 371 g/mol. The van der Waals surface area contributed by atoms with Crippen LogP contribution in [0.15, 0.2) is 53.1 Å². The smallest absolute Gasteiger partial charge is 0.257 e. The molecule has 0 fully saturated rings. The van der Waals surface area contributed by atoms with Crippen molar-refractivity contribution in [3.63, 3.8) is 0 Å². The van der Waals surface area contributed by atoms with E-state index < -0.39 is 0 Å². The summed E-state index contributed by atoms with van der Waals surface area (Å²) in [6, 6.07) is 12.9. The minimum absolute atomic E-state index is 0.167. The molecule has 6 heteroatoms. The number of rotatable bonds is 2. The Labute approximate surface area is 140 Å². The average Bonchev–Trinajstić information content (AvgIpc) is 3.01. The van der Waals surface area contributed by atoms with E-state index in [1.165, 1.54) is 0 Å². The van der Waals surface area contributed by atoms with Gasteiger partial charge in [-0.05, 0) is 40.2 Å². The summed E-state index contributed by atoms with van der Waals surface area (Å²) in [6.07, 6.45) is 1.70. The van der Waals surface area contributed by atoms with Crippen molar-refractivity contribution in [1.82, 2.24) is 4.98 Å². The predicted octanol–water partition coefficient (Wildman–Crippen LogP) is 3.98. The number of ether oxygens (including phenoxy) is 2. The molecule has 0 aliphatic carbocycles. The second-order valence-corrected chi connectivity index (χ2v) is 5.87. The van der Waals surface area contributed by atoms with Gasteiger partial charge < -0.3 is 14.8 Å². The van der Waals surface area contributed by atoms with Gasteiger partial charge in [-0.3, -0.25) is 9.78 Å². The zero-order valence-electron chi connectivity index (χ0n) is 11.9. The molecular weight excluding hydrogens is 360 g/mol. The third kappa shape index (κ3) is 2.51. The number of hydrogen-bond acceptors (Lipinski definition) is 4. The second-order valence-electron chi connectivity index (χ2n) is 5.02. The van der Waals surface area contributed by atoms with E-state index in [-0.39, 0.29) is 12.7 Å². The van der Waals surface area contributed by atoms with Crippen molar-refractivity contribution in [3.05, 3.63) is 58.7 Å². The van der Waals surface area contributed by atoms with Crippen LogP contribution in [-0.4, -0.2) is 17.7 Å². The molecule has 2 heterocycles. The SMILES string of the molecule is O=C(Nc1cccc2cccnc12)c1cc2c(cc1Br)OCO2. The predicted molar refractivity (Wildman–Crippen MR) is 90.0 cm³/mol. The first-order chi connectivity index (χ1) is 11.2. The number of nitrogens with zero attached hydrogens (tertiary/aromatic N) is 1. The Morgan fingerprint density at radius 2 is 1.91 bits per heavy atom. The molecule has 1 aromatic heterocycles. The highest BCUT2D eigenvalue weighted by Crippen LogP contribution is 2.37. The Morgan fingerprint density at radius 3 is 2.78 bits per heavy atom. The zero-order chi connectivity index (χ0) is 15.8. The molecule has 23 heavy (non-hydrogen) atoms. The molecule has 0 radical (unpaired) electrons. The number of carbonyl (C=O) groups excluding carboxylic acids is 1. The topological polar surface area (TPSA) is 60.5 Å². The molecule has 0 saturated heterocycles. The first kappa shape index (κ1) is 14.0. The normalized spacial score (nSPS) is 12.4. The van der Waals surface area contributed by atoms with Crippen LogP contribution in [0, 0.1) is 0 Å². The Kier molecular flexibility index (Phi) is 3.38. The van der Waals surface area contributed by atoms with E-state index in [0.29, 0.717) is 27.2 Å². The van der Waals surface area contributed by atoms with E-state index in [4.69, 9.17) is 9.47 Å². The molecule has 1 amide bonds. The van der Waals surface area contributed by atoms with Gasteiger partial charge in [-0.1, -0.05) is 18.2 Å². The number of anilines is 1. The van der Waals surface area contributed by atoms with Crippen molar-refractivity contribution in [2.75, 3.05) is 12.1 Å². The molecule has 4 rings (SSSR count). The number of halogens is 1. The summed E-state index contributed by atoms with van der Waals surface area (Å²) in [5.41, 5.74) is 1.89. The summed E-state index contributed by atoms with van der Waals surface area (Å²) in [5, 5.41) is 3.87. The Hall–Kier alpha value is -2.60. The maximum atomic E-state index is 12.6. The first-order valence-corrected chi connectivity index (χ1v) is 7.76. The highest BCUT2D eigenvalue weighted by Gasteiger charge is 2.20. The molecule has 2 aromatic carbocycles. The molecule has 1 aliphatic heterocycles. The molecule has 1 aliphatic rings. The Balaban J connectivity index is 1.70. The van der Waals surface area contributed by atoms with Crippen molar-refractivity contribution in [1.29, 1.82) is 0 Å². The van der Waals surface area contributed by atoms with E-state index in [9.17, 15) is 4.79 Å². The van der Waals surface area contributed by atoms with E-state index >= 15 is 0 Å². The van der Waals surface area contributed by atoms with E-state index in [0.717, 1.165) is 10.9 Å². The van der Waals surface area contributed by atoms with Crippen molar-refractivity contribution in [2.24, 2.45) is 0 Å². The number of aromatic nitrogens is 1. The van der Waals surface area contributed by atoms with Crippen molar-refractivity contribution in [2.45, 2.75) is 0 Å². The Bertz CT molecular complexity index is 922. The molecule has 0 saturated carbocycles. The number of hydrogen-bond donors (Lipinski definition) is 1. The lowest BCUT2D eigenvalue weighted by molar-refractivity contribution is 0.102. The monoisotopic (exact) mass is 370 g/mol. The molecule has 3 aromatic rings. The molecule has 0 unspecified atom stereocenters. The molecule has 0 spiro atoms. The Morgan fingerprint density at radius 1 is 1.13 bits per heavy atom. The molecule has 114 valence electrons. The fourth-order valence-electron chi connectivity index (χ4n) is 2.49. The van der Waals surface area contributed by atoms with Gasteiger partial charge in [0.2, 0.25) is 6.79 Å². The second kappa shape index (κ2) is 5.55. The lowest BCUT2D eigenvalue weighted by Crippen LogP contribution is -2.13. The third-order valence-corrected chi connectivity index (χ3v) is 4.24. The molecule has 0 bridgehead atoms. The van der Waals surface area contributed by atoms with Crippen LogP contribution in [0.25, 0.3) is 10.9 Å². The molecule has 5 nitrogen and oxygen atoms in total. The maximum Gasteiger partial charge on any atom is 0.257 e. The number of para-hydroxylation sites is 1. The van der Waals surface area contributed by atoms with Gasteiger partial charge in [0.1, 0.15) is 0 Å². The van der Waals surface area contributed by atoms with Crippen LogP contribution < -0.4 is 14.8 Å². The first-order valence-electron chi connectivity index (χ1n) is 6.96. The van der Waals surface area contributed by atoms with Crippen molar-refractivity contribution < 1.29 is 14.3 Å². The standard InChI is InChI=1S/C17H11BrN2O3/c18-12-8-15-14(22-9-23-15)7-11(12)17(21)20-13-5-1-3-10-4-2-6-19-16(10)13/h1-8H,9H2,(H,20,21). The molecule has 0 atom stereocenters. The summed E-state index contributed by atoms with van der Waals surface area (Å²) < 4.78 is 11.3. The van der Waals surface area contributed by atoms with Crippen molar-refractivity contribution in [3.8, 4) is 11.5 Å². The summed E-state index contributed by atoms with van der Waals surface area (Å²) in [5.74, 6) is 0.947. The minimum Gasteiger partial charge on any atom is -0.454 e. The maximum absolute atomic E-state index is 12.6. The van der Waals surface area contributed by atoms with Gasteiger partial charge in [0.05, 0.1) is 16.8 Å². The largest absolute Gasteiger partial charge is 0.454 e. The van der Waals surface area contributed by atoms with Crippen molar-refractivity contribution >= 4 is 38.4 Å². The number of pyridine rings is 1. The van der Waals surface area contributed by atoms with Crippen LogP contribution in [0.3, 0.4) is 0 Å². The summed E-state index contributed by atoms with van der Waals surface area (Å²) in [7, 11) is 0. The highest BCUT2D eigenvalue weighted by molar-refractivity contribution is 9.10. The van der Waals surface area contributed by atoms with Gasteiger partial charge in [-0.15, -0.1) is 0 Å². The van der Waals surface area contributed by atoms with Gasteiger partial charge in [0, 0.05) is 16.1 Å². The van der Waals surface area contributed by atoms with Gasteiger partial charge >= 0.3 is 0 Å². The fourth-order valence-corrected chi connectivity index (χ4v) is 2.99. The number of carbonyl (C=O) groups is 1. The van der Waals surface area contributed by atoms with E-state index in [1.54, 1.807) is 18.3 Å². The van der Waals surface area contributed by atoms with Crippen LogP contribution >= 0.6 is 15.9 Å². The number of benzene rings is 2. The third-order valence-electron chi connectivity index (χ3n) is 3.59. The van der Waals surface area contributed by atoms with Crippen LogP contribution in [0.1, 0.15) is 10.4 Å². The van der Waals surface area contributed by atoms with E-state index in [2.05, 4.69) is 26.2 Å². The van der Waals surface area contributed by atoms with Gasteiger partial charge in [0.15, 0.2) is 11.5 Å². The highest BCUT2D eigenvalue weighted by atomic mass is 79.9. The van der Waals surface area contributed by atoms with Gasteiger partial charge in [-0.2, -0.15) is 0 Å². The summed E-state index contributed by atoms with van der Waals surface area (Å²) >= 11 is 3.40. The number of amides is 1. The fraction of sp³-hybridized carbons (Fsp3) is 0.0588. The van der Waals surface area contributed by atoms with Crippen LogP contribution in [0.2, 0.25) is 0 Å². The lowest BCUT2D eigenvalue weighted by atomic mass is 10.1. The lowest BCUT2D eigenvalue weighted by Gasteiger charge is -2.10. The number of fused-ring (bicyclic) bond motifs is 2. The van der Waals surface area contributed by atoms with Crippen LogP contribution in [-0.2, 0) is 0 Å². The molecule has 1 N–H and O–H groups in total. The zero-order valence-corrected chi connectivity index (χ0v) is 13.5. The number of nitrogens with one attached hydrogen (secondary N) is 1. The summed E-state index contributed by atoms with van der Waals surface area (Å²) in [6.45, 7) is 0.167.